The highest BCUT2D eigenvalue weighted by molar-refractivity contribution is 7.16. The normalized spacial score (nSPS) is 10.2. The van der Waals surface area contributed by atoms with Crippen molar-refractivity contribution in [3.05, 3.63) is 51.9 Å². The summed E-state index contributed by atoms with van der Waals surface area (Å²) >= 11 is 1.30. The maximum Gasteiger partial charge on any atom is 0.305 e. The lowest BCUT2D eigenvalue weighted by Gasteiger charge is -2.07. The van der Waals surface area contributed by atoms with Crippen molar-refractivity contribution in [1.82, 2.24) is 5.32 Å². The largest absolute Gasteiger partial charge is 0.481 e. The number of aliphatic carboxylic acids is 1. The fourth-order valence-electron chi connectivity index (χ4n) is 2.03. The van der Waals surface area contributed by atoms with Crippen molar-refractivity contribution >= 4 is 34.1 Å². The first kappa shape index (κ1) is 17.7. The standard InChI is InChI=1S/C17H18N2O4S/c1-10-3-5-12(6-4-10)15(22)19-17-13(9-11(2)24-17)16(23)18-8-7-14(20)21/h3-6,9H,7-8H2,1-2H3,(H,18,23)(H,19,22)(H,20,21). The van der Waals surface area contributed by atoms with Gasteiger partial charge in [0.2, 0.25) is 0 Å². The number of hydrogen-bond donors (Lipinski definition) is 3. The van der Waals surface area contributed by atoms with Gasteiger partial charge in [-0.3, -0.25) is 14.4 Å². The van der Waals surface area contributed by atoms with Crippen LogP contribution in [0.25, 0.3) is 0 Å². The van der Waals surface area contributed by atoms with E-state index in [2.05, 4.69) is 10.6 Å². The number of anilines is 1. The second kappa shape index (κ2) is 7.74. The van der Waals surface area contributed by atoms with Gasteiger partial charge in [0.1, 0.15) is 5.00 Å². The predicted octanol–water partition coefficient (Wildman–Crippen LogP) is 2.82. The van der Waals surface area contributed by atoms with Crippen molar-refractivity contribution in [1.29, 1.82) is 0 Å². The van der Waals surface area contributed by atoms with Crippen LogP contribution in [-0.2, 0) is 4.79 Å². The number of hydrogen-bond acceptors (Lipinski definition) is 4. The van der Waals surface area contributed by atoms with Crippen molar-refractivity contribution in [3.8, 4) is 0 Å². The number of carboxylic acids is 1. The summed E-state index contributed by atoms with van der Waals surface area (Å²) in [7, 11) is 0. The molecule has 0 aliphatic carbocycles. The summed E-state index contributed by atoms with van der Waals surface area (Å²) in [6, 6.07) is 8.79. The molecule has 0 unspecified atom stereocenters. The van der Waals surface area contributed by atoms with Crippen LogP contribution in [0.4, 0.5) is 5.00 Å². The molecule has 1 aromatic carbocycles. The Morgan fingerprint density at radius 3 is 2.38 bits per heavy atom. The number of carbonyl (C=O) groups is 3. The van der Waals surface area contributed by atoms with E-state index in [1.54, 1.807) is 18.2 Å². The molecule has 126 valence electrons. The maximum absolute atomic E-state index is 12.3. The molecule has 24 heavy (non-hydrogen) atoms. The molecule has 0 bridgehead atoms. The smallest absolute Gasteiger partial charge is 0.305 e. The fourth-order valence-corrected chi connectivity index (χ4v) is 2.94. The first-order chi connectivity index (χ1) is 11.4. The monoisotopic (exact) mass is 346 g/mol. The fraction of sp³-hybridized carbons (Fsp3) is 0.235. The number of rotatable bonds is 6. The van der Waals surface area contributed by atoms with Crippen molar-refractivity contribution in [2.24, 2.45) is 0 Å². The maximum atomic E-state index is 12.3. The van der Waals surface area contributed by atoms with Crippen LogP contribution < -0.4 is 10.6 Å². The van der Waals surface area contributed by atoms with Crippen LogP contribution in [0.15, 0.2) is 30.3 Å². The van der Waals surface area contributed by atoms with Crippen LogP contribution in [-0.4, -0.2) is 29.4 Å². The SMILES string of the molecule is Cc1ccc(C(=O)Nc2sc(C)cc2C(=O)NCCC(=O)O)cc1. The second-order valence-electron chi connectivity index (χ2n) is 5.32. The number of nitrogens with one attached hydrogen (secondary N) is 2. The Bertz CT molecular complexity index is 765. The molecule has 7 heteroatoms. The molecule has 0 spiro atoms. The minimum Gasteiger partial charge on any atom is -0.481 e. The van der Waals surface area contributed by atoms with Gasteiger partial charge in [0, 0.05) is 17.0 Å². The third-order valence-corrected chi connectivity index (χ3v) is 4.23. The van der Waals surface area contributed by atoms with Gasteiger partial charge in [-0.1, -0.05) is 17.7 Å². The first-order valence-electron chi connectivity index (χ1n) is 7.35. The summed E-state index contributed by atoms with van der Waals surface area (Å²) in [6.45, 7) is 3.80. The zero-order valence-corrected chi connectivity index (χ0v) is 14.2. The molecule has 0 atom stereocenters. The molecule has 1 heterocycles. The molecule has 0 saturated heterocycles. The number of amides is 2. The second-order valence-corrected chi connectivity index (χ2v) is 6.58. The number of benzene rings is 1. The van der Waals surface area contributed by atoms with E-state index in [0.29, 0.717) is 16.1 Å². The molecule has 0 saturated carbocycles. The summed E-state index contributed by atoms with van der Waals surface area (Å²) in [5, 5.41) is 14.4. The molecule has 0 aliphatic heterocycles. The van der Waals surface area contributed by atoms with Crippen LogP contribution in [0.5, 0.6) is 0 Å². The quantitative estimate of drug-likeness (QED) is 0.749. The van der Waals surface area contributed by atoms with Crippen LogP contribution >= 0.6 is 11.3 Å². The van der Waals surface area contributed by atoms with Crippen molar-refractivity contribution < 1.29 is 19.5 Å². The van der Waals surface area contributed by atoms with Crippen LogP contribution in [0.1, 0.15) is 37.6 Å². The molecular formula is C17H18N2O4S. The zero-order valence-electron chi connectivity index (χ0n) is 13.4. The lowest BCUT2D eigenvalue weighted by molar-refractivity contribution is -0.136. The van der Waals surface area contributed by atoms with Crippen molar-refractivity contribution in [3.63, 3.8) is 0 Å². The Hall–Kier alpha value is -2.67. The molecule has 2 aromatic rings. The number of carboxylic acid groups (broad SMARTS) is 1. The van der Waals surface area contributed by atoms with Crippen LogP contribution in [0.2, 0.25) is 0 Å². The third kappa shape index (κ3) is 4.66. The van der Waals surface area contributed by atoms with Gasteiger partial charge in [0.15, 0.2) is 0 Å². The minimum atomic E-state index is -0.982. The molecule has 0 fully saturated rings. The zero-order chi connectivity index (χ0) is 17.7. The van der Waals surface area contributed by atoms with E-state index in [-0.39, 0.29) is 18.9 Å². The molecule has 1 aromatic heterocycles. The lowest BCUT2D eigenvalue weighted by atomic mass is 10.1. The highest BCUT2D eigenvalue weighted by Gasteiger charge is 2.17. The van der Waals surface area contributed by atoms with Crippen molar-refractivity contribution in [2.75, 3.05) is 11.9 Å². The summed E-state index contributed by atoms with van der Waals surface area (Å²) < 4.78 is 0. The number of aryl methyl sites for hydroxylation is 2. The van der Waals surface area contributed by atoms with E-state index in [1.807, 2.05) is 26.0 Å². The Morgan fingerprint density at radius 1 is 1.08 bits per heavy atom. The molecule has 0 radical (unpaired) electrons. The van der Waals surface area contributed by atoms with Gasteiger partial charge < -0.3 is 15.7 Å². The van der Waals surface area contributed by atoms with Gasteiger partial charge in [0.05, 0.1) is 12.0 Å². The Labute approximate surface area is 143 Å². The molecule has 2 amide bonds. The van der Waals surface area contributed by atoms with E-state index in [1.165, 1.54) is 11.3 Å². The topological polar surface area (TPSA) is 95.5 Å². The number of carbonyl (C=O) groups excluding carboxylic acids is 2. The van der Waals surface area contributed by atoms with Crippen LogP contribution in [0, 0.1) is 13.8 Å². The van der Waals surface area contributed by atoms with Gasteiger partial charge in [0.25, 0.3) is 11.8 Å². The Balaban J connectivity index is 2.10. The highest BCUT2D eigenvalue weighted by atomic mass is 32.1. The first-order valence-corrected chi connectivity index (χ1v) is 8.17. The van der Waals surface area contributed by atoms with Gasteiger partial charge in [-0.15, -0.1) is 11.3 Å². The summed E-state index contributed by atoms with van der Waals surface area (Å²) in [6.07, 6.45) is -0.153. The third-order valence-electron chi connectivity index (χ3n) is 3.27. The van der Waals surface area contributed by atoms with Gasteiger partial charge >= 0.3 is 5.97 Å². The molecule has 3 N–H and O–H groups in total. The molecule has 6 nitrogen and oxygen atoms in total. The van der Waals surface area contributed by atoms with E-state index in [9.17, 15) is 14.4 Å². The van der Waals surface area contributed by atoms with Gasteiger partial charge in [-0.2, -0.15) is 0 Å². The average Bonchev–Trinajstić information content (AvgIpc) is 2.88. The average molecular weight is 346 g/mol. The minimum absolute atomic E-state index is 0.0361. The van der Waals surface area contributed by atoms with Crippen LogP contribution in [0.3, 0.4) is 0 Å². The van der Waals surface area contributed by atoms with E-state index in [4.69, 9.17) is 5.11 Å². The predicted molar refractivity (Wildman–Crippen MR) is 92.8 cm³/mol. The molecule has 2 rings (SSSR count). The number of thiophene rings is 1. The highest BCUT2D eigenvalue weighted by Crippen LogP contribution is 2.28. The Morgan fingerprint density at radius 2 is 1.75 bits per heavy atom. The van der Waals surface area contributed by atoms with Gasteiger partial charge in [-0.25, -0.2) is 0 Å². The summed E-state index contributed by atoms with van der Waals surface area (Å²) in [5.41, 5.74) is 1.89. The van der Waals surface area contributed by atoms with E-state index >= 15 is 0 Å². The molecule has 0 aliphatic rings. The Kier molecular flexibility index (Phi) is 5.70. The lowest BCUT2D eigenvalue weighted by Crippen LogP contribution is -2.26. The summed E-state index contributed by atoms with van der Waals surface area (Å²) in [5.74, 6) is -1.68. The summed E-state index contributed by atoms with van der Waals surface area (Å²) in [4.78, 5) is 35.9. The van der Waals surface area contributed by atoms with Gasteiger partial charge in [-0.05, 0) is 32.0 Å². The van der Waals surface area contributed by atoms with Crippen molar-refractivity contribution in [2.45, 2.75) is 20.3 Å². The van der Waals surface area contributed by atoms with E-state index in [0.717, 1.165) is 10.4 Å². The molecular weight excluding hydrogens is 328 g/mol. The van der Waals surface area contributed by atoms with E-state index < -0.39 is 11.9 Å².